The summed E-state index contributed by atoms with van der Waals surface area (Å²) in [5.74, 6) is -0.411. The van der Waals surface area contributed by atoms with E-state index < -0.39 is 21.4 Å². The fourth-order valence-corrected chi connectivity index (χ4v) is 7.12. The van der Waals surface area contributed by atoms with E-state index in [1.165, 1.54) is 35.6 Å². The molecular weight excluding hydrogens is 655 g/mol. The van der Waals surface area contributed by atoms with Crippen molar-refractivity contribution < 1.29 is 45.8 Å². The molecule has 0 saturated heterocycles. The fourth-order valence-electron chi connectivity index (χ4n) is 6.20. The largest absolute Gasteiger partial charge is 0.463 e. The van der Waals surface area contributed by atoms with E-state index in [9.17, 15) is 22.4 Å². The second-order valence-corrected chi connectivity index (χ2v) is 15.1. The van der Waals surface area contributed by atoms with Crippen LogP contribution in [0.2, 0.25) is 0 Å². The molecule has 268 valence electrons. The molecule has 0 bridgehead atoms. The molecule has 1 heterocycles. The van der Waals surface area contributed by atoms with E-state index >= 15 is 0 Å². The summed E-state index contributed by atoms with van der Waals surface area (Å²) in [6, 6.07) is 9.17. The van der Waals surface area contributed by atoms with Gasteiger partial charge in [0.1, 0.15) is 17.2 Å². The summed E-state index contributed by atoms with van der Waals surface area (Å²) in [5, 5.41) is 3.21. The molecule has 11 nitrogen and oxygen atoms in total. The lowest BCUT2D eigenvalue weighted by Gasteiger charge is -2.27. The van der Waals surface area contributed by atoms with Gasteiger partial charge >= 0.3 is 5.97 Å². The summed E-state index contributed by atoms with van der Waals surface area (Å²) in [6.07, 6.45) is 6.06. The number of benzene rings is 2. The number of carbonyl (C=O) groups excluding carboxylic acids is 2. The van der Waals surface area contributed by atoms with Crippen molar-refractivity contribution in [1.29, 1.82) is 0 Å². The van der Waals surface area contributed by atoms with Gasteiger partial charge < -0.3 is 28.7 Å². The molecule has 13 heteroatoms. The Labute approximate surface area is 287 Å². The summed E-state index contributed by atoms with van der Waals surface area (Å²) in [5.41, 5.74) is 1.57. The quantitative estimate of drug-likeness (QED) is 0.129. The van der Waals surface area contributed by atoms with Gasteiger partial charge in [-0.3, -0.25) is 9.10 Å². The van der Waals surface area contributed by atoms with Gasteiger partial charge in [0.25, 0.3) is 5.91 Å². The number of halogens is 1. The highest BCUT2D eigenvalue weighted by Crippen LogP contribution is 2.48. The minimum Gasteiger partial charge on any atom is -0.463 e. The first kappa shape index (κ1) is 36.8. The van der Waals surface area contributed by atoms with Crippen molar-refractivity contribution in [2.24, 2.45) is 5.92 Å². The number of anilines is 1. The molecule has 3 aromatic rings. The molecular formula is C36H47FN2O9S. The summed E-state index contributed by atoms with van der Waals surface area (Å²) in [4.78, 5) is 25.8. The number of ether oxygens (including phenoxy) is 4. The lowest BCUT2D eigenvalue weighted by molar-refractivity contribution is -0.175. The van der Waals surface area contributed by atoms with Crippen LogP contribution in [-0.2, 0) is 33.8 Å². The van der Waals surface area contributed by atoms with E-state index in [0.717, 1.165) is 37.5 Å². The third-order valence-corrected chi connectivity index (χ3v) is 10.0. The van der Waals surface area contributed by atoms with Gasteiger partial charge in [0, 0.05) is 24.1 Å². The van der Waals surface area contributed by atoms with Crippen LogP contribution in [0, 0.1) is 11.7 Å². The molecule has 1 N–H and O–H groups in total. The van der Waals surface area contributed by atoms with E-state index in [-0.39, 0.29) is 69.1 Å². The van der Waals surface area contributed by atoms with E-state index in [1.807, 2.05) is 19.9 Å². The van der Waals surface area contributed by atoms with Gasteiger partial charge in [0.15, 0.2) is 5.60 Å². The maximum absolute atomic E-state index is 13.7. The smallest absolute Gasteiger partial charge is 0.338 e. The first-order chi connectivity index (χ1) is 23.4. The lowest BCUT2D eigenvalue weighted by atomic mass is 10.0. The lowest BCUT2D eigenvalue weighted by Crippen LogP contribution is -2.41. The molecule has 1 aromatic heterocycles. The first-order valence-corrected chi connectivity index (χ1v) is 18.8. The zero-order valence-corrected chi connectivity index (χ0v) is 29.5. The number of fused-ring (bicyclic) bond motifs is 1. The molecule has 0 spiro atoms. The minimum atomic E-state index is -3.73. The summed E-state index contributed by atoms with van der Waals surface area (Å²) in [7, 11) is -2.20. The van der Waals surface area contributed by atoms with Crippen LogP contribution < -0.4 is 9.62 Å². The number of nitrogens with one attached hydrogen (secondary N) is 1. The molecule has 0 unspecified atom stereocenters. The Bertz CT molecular complexity index is 1710. The normalized spacial score (nSPS) is 16.0. The molecule has 2 saturated carbocycles. The minimum absolute atomic E-state index is 0.0576. The summed E-state index contributed by atoms with van der Waals surface area (Å²) >= 11 is 0. The van der Waals surface area contributed by atoms with Gasteiger partial charge in [0.2, 0.25) is 10.0 Å². The number of esters is 1. The Morgan fingerprint density at radius 1 is 1.02 bits per heavy atom. The maximum Gasteiger partial charge on any atom is 0.338 e. The number of hydrogen-bond acceptors (Lipinski definition) is 9. The van der Waals surface area contributed by atoms with E-state index in [4.69, 9.17) is 23.4 Å². The topological polar surface area (TPSA) is 134 Å². The zero-order chi connectivity index (χ0) is 35.2. The van der Waals surface area contributed by atoms with Crippen LogP contribution in [0.15, 0.2) is 40.8 Å². The molecule has 2 aromatic carbocycles. The number of furan rings is 1. The van der Waals surface area contributed by atoms with E-state index in [0.29, 0.717) is 47.2 Å². The molecule has 0 atom stereocenters. The average Bonchev–Trinajstić information content (AvgIpc) is 3.68. The van der Waals surface area contributed by atoms with Crippen LogP contribution in [0.3, 0.4) is 0 Å². The molecule has 2 aliphatic rings. The van der Waals surface area contributed by atoms with Crippen molar-refractivity contribution in [3.63, 3.8) is 0 Å². The van der Waals surface area contributed by atoms with Crippen LogP contribution >= 0.6 is 0 Å². The van der Waals surface area contributed by atoms with Gasteiger partial charge in [-0.2, -0.15) is 0 Å². The third-order valence-electron chi connectivity index (χ3n) is 8.83. The van der Waals surface area contributed by atoms with Crippen LogP contribution in [0.4, 0.5) is 10.1 Å². The molecule has 2 aliphatic carbocycles. The highest BCUT2D eigenvalue weighted by Gasteiger charge is 2.44. The molecule has 49 heavy (non-hydrogen) atoms. The fraction of sp³-hybridized carbons (Fsp3) is 0.556. The van der Waals surface area contributed by atoms with Gasteiger partial charge in [0.05, 0.1) is 63.7 Å². The van der Waals surface area contributed by atoms with Crippen molar-refractivity contribution in [2.45, 2.75) is 63.9 Å². The Morgan fingerprint density at radius 3 is 2.29 bits per heavy atom. The predicted octanol–water partition coefficient (Wildman–Crippen LogP) is 5.80. The number of nitrogens with zero attached hydrogens (tertiary/aromatic N) is 1. The summed E-state index contributed by atoms with van der Waals surface area (Å²) < 4.78 is 70.3. The van der Waals surface area contributed by atoms with Crippen LogP contribution in [0.1, 0.15) is 74.2 Å². The van der Waals surface area contributed by atoms with Gasteiger partial charge in [-0.05, 0) is 86.3 Å². The number of amides is 1. The SMILES string of the molecule is CNC(=O)c1c(-c2ccc(F)cc2)oc2cc(N(CCOCCOCCOC3(C(=O)OCC(C)C)CCCC3)S(C)(=O)=O)c(C3CC3)cc12. The van der Waals surface area contributed by atoms with Crippen LogP contribution in [0.5, 0.6) is 0 Å². The summed E-state index contributed by atoms with van der Waals surface area (Å²) in [6.45, 7) is 5.57. The highest BCUT2D eigenvalue weighted by atomic mass is 32.2. The van der Waals surface area contributed by atoms with Crippen molar-refractivity contribution in [3.8, 4) is 11.3 Å². The number of hydrogen-bond donors (Lipinski definition) is 1. The van der Waals surface area contributed by atoms with Crippen molar-refractivity contribution in [3.05, 3.63) is 53.3 Å². The zero-order valence-electron chi connectivity index (χ0n) is 28.7. The number of rotatable bonds is 18. The van der Waals surface area contributed by atoms with Gasteiger partial charge in [-0.15, -0.1) is 0 Å². The Morgan fingerprint density at radius 2 is 1.67 bits per heavy atom. The second kappa shape index (κ2) is 16.0. The van der Waals surface area contributed by atoms with E-state index in [1.54, 1.807) is 6.07 Å². The van der Waals surface area contributed by atoms with Crippen LogP contribution in [0.25, 0.3) is 22.3 Å². The highest BCUT2D eigenvalue weighted by molar-refractivity contribution is 7.92. The molecule has 1 amide bonds. The van der Waals surface area contributed by atoms with Crippen LogP contribution in [-0.4, -0.2) is 85.4 Å². The second-order valence-electron chi connectivity index (χ2n) is 13.2. The van der Waals surface area contributed by atoms with Crippen molar-refractivity contribution in [1.82, 2.24) is 5.32 Å². The van der Waals surface area contributed by atoms with Gasteiger partial charge in [-0.1, -0.05) is 13.8 Å². The first-order valence-electron chi connectivity index (χ1n) is 17.0. The molecule has 0 radical (unpaired) electrons. The predicted molar refractivity (Wildman–Crippen MR) is 184 cm³/mol. The van der Waals surface area contributed by atoms with Crippen molar-refractivity contribution >= 4 is 38.6 Å². The molecule has 2 fully saturated rings. The maximum atomic E-state index is 13.7. The Kier molecular flexibility index (Phi) is 12.0. The number of carbonyl (C=O) groups is 2. The Hall–Kier alpha value is -3.52. The molecule has 0 aliphatic heterocycles. The standard InChI is InChI=1S/C36H47FN2O9S/c1-24(2)23-46-35(41)36(13-5-6-14-36)47-20-19-45-18-17-44-16-15-39(49(4,42)43)30-22-31-29(21-28(30)25-7-8-25)32(34(40)38-3)33(48-31)26-9-11-27(37)12-10-26/h9-12,21-22,24-25H,5-8,13-20,23H2,1-4H3,(H,38,40). The monoisotopic (exact) mass is 702 g/mol. The van der Waals surface area contributed by atoms with Crippen molar-refractivity contribution in [2.75, 3.05) is 63.8 Å². The van der Waals surface area contributed by atoms with E-state index in [2.05, 4.69) is 5.32 Å². The third kappa shape index (κ3) is 8.99. The average molecular weight is 703 g/mol. The number of sulfonamides is 1. The van der Waals surface area contributed by atoms with Gasteiger partial charge in [-0.25, -0.2) is 17.6 Å². The molecule has 5 rings (SSSR count). The Balaban J connectivity index is 1.21.